The van der Waals surface area contributed by atoms with Crippen LogP contribution in [0.25, 0.3) is 21.8 Å². The summed E-state index contributed by atoms with van der Waals surface area (Å²) in [7, 11) is 1.51. The van der Waals surface area contributed by atoms with Crippen LogP contribution in [0, 0.1) is 0 Å². The molecular formula is C13H11N3O. The lowest BCUT2D eigenvalue weighted by Crippen LogP contribution is -1.86. The topological polar surface area (TPSA) is 50.3 Å². The minimum Gasteiger partial charge on any atom is -0.399 e. The van der Waals surface area contributed by atoms with Crippen LogP contribution in [0.1, 0.15) is 5.69 Å². The molecule has 0 aliphatic carbocycles. The quantitative estimate of drug-likeness (QED) is 0.538. The van der Waals surface area contributed by atoms with E-state index in [0.717, 1.165) is 22.1 Å². The van der Waals surface area contributed by atoms with Gasteiger partial charge in [-0.1, -0.05) is 23.4 Å². The molecule has 17 heavy (non-hydrogen) atoms. The zero-order valence-corrected chi connectivity index (χ0v) is 9.34. The fourth-order valence-electron chi connectivity index (χ4n) is 1.94. The van der Waals surface area contributed by atoms with Gasteiger partial charge in [0, 0.05) is 16.3 Å². The number of hydrogen-bond acceptors (Lipinski definition) is 3. The van der Waals surface area contributed by atoms with Crippen molar-refractivity contribution in [2.45, 2.75) is 0 Å². The molecule has 4 heteroatoms. The number of aromatic amines is 1. The van der Waals surface area contributed by atoms with Gasteiger partial charge >= 0.3 is 0 Å². The molecule has 1 aromatic carbocycles. The smallest absolute Gasteiger partial charge is 0.106 e. The van der Waals surface area contributed by atoms with Gasteiger partial charge in [-0.2, -0.15) is 0 Å². The van der Waals surface area contributed by atoms with Crippen LogP contribution >= 0.6 is 0 Å². The van der Waals surface area contributed by atoms with E-state index in [0.29, 0.717) is 0 Å². The molecule has 84 valence electrons. The van der Waals surface area contributed by atoms with Gasteiger partial charge in [0.05, 0.1) is 23.6 Å². The van der Waals surface area contributed by atoms with E-state index in [1.165, 1.54) is 12.5 Å². The van der Waals surface area contributed by atoms with Gasteiger partial charge in [-0.15, -0.1) is 0 Å². The summed E-state index contributed by atoms with van der Waals surface area (Å²) in [4.78, 5) is 12.3. The second-order valence-corrected chi connectivity index (χ2v) is 3.74. The van der Waals surface area contributed by atoms with Gasteiger partial charge in [0.15, 0.2) is 0 Å². The predicted octanol–water partition coefficient (Wildman–Crippen LogP) is 2.70. The van der Waals surface area contributed by atoms with Crippen LogP contribution in [0.15, 0.2) is 41.7 Å². The third kappa shape index (κ3) is 1.63. The second kappa shape index (κ2) is 3.90. The Morgan fingerprint density at radius 2 is 2.12 bits per heavy atom. The molecule has 3 rings (SSSR count). The Bertz CT molecular complexity index is 700. The third-order valence-electron chi connectivity index (χ3n) is 2.70. The van der Waals surface area contributed by atoms with Crippen LogP contribution in [0.3, 0.4) is 0 Å². The summed E-state index contributed by atoms with van der Waals surface area (Å²) < 4.78 is 0. The number of oxime groups is 1. The molecule has 2 heterocycles. The Morgan fingerprint density at radius 3 is 3.00 bits per heavy atom. The minimum atomic E-state index is 0.782. The molecule has 0 fully saturated rings. The molecule has 0 atom stereocenters. The van der Waals surface area contributed by atoms with E-state index in [9.17, 15) is 0 Å². The molecular weight excluding hydrogens is 214 g/mol. The average Bonchev–Trinajstić information content (AvgIpc) is 2.74. The second-order valence-electron chi connectivity index (χ2n) is 3.74. The number of pyridine rings is 1. The standard InChI is InChI=1S/C13H11N3O/c1-17-15-7-9-6-11-10-4-2-3-5-12(10)16-13(11)8-14-9/h2-8,16H,1H3. The van der Waals surface area contributed by atoms with Crippen molar-refractivity contribution < 1.29 is 4.84 Å². The first-order valence-electron chi connectivity index (χ1n) is 5.31. The van der Waals surface area contributed by atoms with Crippen molar-refractivity contribution in [1.82, 2.24) is 9.97 Å². The minimum absolute atomic E-state index is 0.782. The number of fused-ring (bicyclic) bond motifs is 3. The van der Waals surface area contributed by atoms with E-state index in [1.54, 1.807) is 6.21 Å². The predicted molar refractivity (Wildman–Crippen MR) is 68.2 cm³/mol. The van der Waals surface area contributed by atoms with E-state index < -0.39 is 0 Å². The van der Waals surface area contributed by atoms with Gasteiger partial charge in [-0.25, -0.2) is 0 Å². The van der Waals surface area contributed by atoms with Crippen LogP contribution in [-0.2, 0) is 4.84 Å². The molecule has 0 saturated heterocycles. The van der Waals surface area contributed by atoms with E-state index in [1.807, 2.05) is 24.4 Å². The molecule has 0 spiro atoms. The Labute approximate surface area is 97.9 Å². The number of hydrogen-bond donors (Lipinski definition) is 1. The highest BCUT2D eigenvalue weighted by molar-refractivity contribution is 6.07. The summed E-state index contributed by atoms with van der Waals surface area (Å²) in [6, 6.07) is 10.2. The maximum atomic E-state index is 4.65. The Morgan fingerprint density at radius 1 is 1.24 bits per heavy atom. The van der Waals surface area contributed by atoms with Crippen molar-refractivity contribution in [3.8, 4) is 0 Å². The highest BCUT2D eigenvalue weighted by Gasteiger charge is 2.04. The van der Waals surface area contributed by atoms with Crippen LogP contribution in [0.2, 0.25) is 0 Å². The zero-order chi connectivity index (χ0) is 11.7. The Kier molecular flexibility index (Phi) is 2.26. The summed E-state index contributed by atoms with van der Waals surface area (Å²) in [5, 5.41) is 6.05. The lowest BCUT2D eigenvalue weighted by Gasteiger charge is -1.93. The highest BCUT2D eigenvalue weighted by Crippen LogP contribution is 2.24. The molecule has 0 unspecified atom stereocenters. The fraction of sp³-hybridized carbons (Fsp3) is 0.0769. The van der Waals surface area contributed by atoms with Gasteiger partial charge < -0.3 is 9.82 Å². The molecule has 3 aromatic rings. The van der Waals surface area contributed by atoms with Gasteiger partial charge in [0.25, 0.3) is 0 Å². The number of aromatic nitrogens is 2. The van der Waals surface area contributed by atoms with Gasteiger partial charge in [-0.3, -0.25) is 4.98 Å². The van der Waals surface area contributed by atoms with Crippen LogP contribution in [-0.4, -0.2) is 23.3 Å². The molecule has 1 N–H and O–H groups in total. The Hall–Kier alpha value is -2.36. The monoisotopic (exact) mass is 225 g/mol. The number of nitrogens with zero attached hydrogens (tertiary/aromatic N) is 2. The number of para-hydroxylation sites is 1. The van der Waals surface area contributed by atoms with Crippen LogP contribution < -0.4 is 0 Å². The summed E-state index contributed by atoms with van der Waals surface area (Å²) >= 11 is 0. The van der Waals surface area contributed by atoms with Gasteiger partial charge in [0.2, 0.25) is 0 Å². The normalized spacial score (nSPS) is 11.6. The molecule has 0 saturated carbocycles. The molecule has 0 amide bonds. The van der Waals surface area contributed by atoms with Crippen molar-refractivity contribution in [3.05, 3.63) is 42.2 Å². The van der Waals surface area contributed by atoms with Crippen molar-refractivity contribution in [1.29, 1.82) is 0 Å². The molecule has 0 aliphatic heterocycles. The van der Waals surface area contributed by atoms with Crippen molar-refractivity contribution in [2.75, 3.05) is 7.11 Å². The number of nitrogens with one attached hydrogen (secondary N) is 1. The summed E-state index contributed by atoms with van der Waals surface area (Å²) in [6.07, 6.45) is 3.41. The average molecular weight is 225 g/mol. The number of rotatable bonds is 2. The van der Waals surface area contributed by atoms with E-state index in [2.05, 4.69) is 32.1 Å². The number of benzene rings is 1. The zero-order valence-electron chi connectivity index (χ0n) is 9.34. The van der Waals surface area contributed by atoms with Gasteiger partial charge in [-0.05, 0) is 12.1 Å². The van der Waals surface area contributed by atoms with E-state index in [4.69, 9.17) is 0 Å². The summed E-state index contributed by atoms with van der Waals surface area (Å²) in [5.74, 6) is 0. The van der Waals surface area contributed by atoms with Crippen molar-refractivity contribution in [3.63, 3.8) is 0 Å². The molecule has 0 radical (unpaired) electrons. The maximum Gasteiger partial charge on any atom is 0.106 e. The first-order chi connectivity index (χ1) is 8.38. The fourth-order valence-corrected chi connectivity index (χ4v) is 1.94. The van der Waals surface area contributed by atoms with E-state index in [-0.39, 0.29) is 0 Å². The SMILES string of the molecule is CON=Cc1cc2c(cn1)[nH]c1ccccc12. The number of H-pyrrole nitrogens is 1. The lowest BCUT2D eigenvalue weighted by atomic mass is 10.2. The molecule has 4 nitrogen and oxygen atoms in total. The third-order valence-corrected chi connectivity index (χ3v) is 2.70. The summed E-state index contributed by atoms with van der Waals surface area (Å²) in [6.45, 7) is 0. The van der Waals surface area contributed by atoms with Crippen LogP contribution in [0.5, 0.6) is 0 Å². The van der Waals surface area contributed by atoms with E-state index >= 15 is 0 Å². The first-order valence-corrected chi connectivity index (χ1v) is 5.31. The Balaban J connectivity index is 2.26. The van der Waals surface area contributed by atoms with Gasteiger partial charge in [0.1, 0.15) is 7.11 Å². The van der Waals surface area contributed by atoms with Crippen LogP contribution in [0.4, 0.5) is 0 Å². The lowest BCUT2D eigenvalue weighted by molar-refractivity contribution is 0.215. The molecule has 0 bridgehead atoms. The van der Waals surface area contributed by atoms with Crippen molar-refractivity contribution >= 4 is 28.0 Å². The largest absolute Gasteiger partial charge is 0.399 e. The van der Waals surface area contributed by atoms with Crippen molar-refractivity contribution in [2.24, 2.45) is 5.16 Å². The maximum absolute atomic E-state index is 4.65. The molecule has 0 aliphatic rings. The molecule has 2 aromatic heterocycles. The summed E-state index contributed by atoms with van der Waals surface area (Å²) in [5.41, 5.74) is 2.93. The highest BCUT2D eigenvalue weighted by atomic mass is 16.6. The first kappa shape index (κ1) is 9.84.